The first-order chi connectivity index (χ1) is 17.1. The quantitative estimate of drug-likeness (QED) is 0.138. The Hall–Kier alpha value is -0.820. The molecule has 0 fully saturated rings. The van der Waals surface area contributed by atoms with Gasteiger partial charge in [0.25, 0.3) is 0 Å². The van der Waals surface area contributed by atoms with Crippen molar-refractivity contribution < 1.29 is 5.11 Å². The van der Waals surface area contributed by atoms with Gasteiger partial charge < -0.3 is 5.11 Å². The van der Waals surface area contributed by atoms with E-state index < -0.39 is 0 Å². The van der Waals surface area contributed by atoms with Crippen molar-refractivity contribution in [2.75, 3.05) is 6.61 Å². The predicted octanol–water partition coefficient (Wildman–Crippen LogP) is 11.6. The summed E-state index contributed by atoms with van der Waals surface area (Å²) in [5.74, 6) is 3.57. The van der Waals surface area contributed by atoms with Crippen molar-refractivity contribution in [1.29, 1.82) is 0 Å². The van der Waals surface area contributed by atoms with Gasteiger partial charge in [-0.2, -0.15) is 0 Å². The van der Waals surface area contributed by atoms with E-state index in [4.69, 9.17) is 5.11 Å². The third kappa shape index (κ3) is 23.6. The summed E-state index contributed by atoms with van der Waals surface area (Å²) in [6.45, 7) is 18.9. The molecule has 0 amide bonds. The van der Waals surface area contributed by atoms with E-state index >= 15 is 0 Å². The van der Waals surface area contributed by atoms with Crippen LogP contribution < -0.4 is 0 Å². The van der Waals surface area contributed by atoms with Gasteiger partial charge in [-0.15, -0.1) is 0 Å². The fraction of sp³-hybridized carbons (Fsp3) is 0.829. The van der Waals surface area contributed by atoms with E-state index in [0.29, 0.717) is 0 Å². The molecule has 0 radical (unpaired) electrons. The number of hydrogen-bond donors (Lipinski definition) is 1. The lowest BCUT2D eigenvalue weighted by atomic mass is 9.90. The molecule has 0 bridgehead atoms. The molecule has 3 atom stereocenters. The normalized spacial score (nSPS) is 16.0. The molecule has 0 spiro atoms. The molecule has 36 heavy (non-hydrogen) atoms. The molecule has 0 aliphatic rings. The van der Waals surface area contributed by atoms with Crippen LogP contribution in [0.15, 0.2) is 34.9 Å². The van der Waals surface area contributed by atoms with Gasteiger partial charge in [-0.1, -0.05) is 134 Å². The fourth-order valence-electron chi connectivity index (χ4n) is 5.22. The molecule has 212 valence electrons. The molecule has 0 aliphatic carbocycles. The SMILES string of the molecule is C/C(=C/CO)CC/C=C(/C)CC/C=C(/C)CCC[C@H](C)CCC[C@H](C)CCC[C@@H](C)CCCC(C)C. The van der Waals surface area contributed by atoms with Gasteiger partial charge in [0.05, 0.1) is 6.61 Å². The summed E-state index contributed by atoms with van der Waals surface area (Å²) in [7, 11) is 0. The van der Waals surface area contributed by atoms with Crippen LogP contribution in [0.5, 0.6) is 0 Å². The van der Waals surface area contributed by atoms with Gasteiger partial charge in [-0.05, 0) is 83.0 Å². The van der Waals surface area contributed by atoms with Crippen LogP contribution in [0.1, 0.15) is 158 Å². The van der Waals surface area contributed by atoms with Crippen LogP contribution in [0, 0.1) is 23.7 Å². The average Bonchev–Trinajstić information content (AvgIpc) is 2.79. The molecule has 1 nitrogen and oxygen atoms in total. The molecule has 0 saturated carbocycles. The van der Waals surface area contributed by atoms with E-state index in [-0.39, 0.29) is 6.61 Å². The van der Waals surface area contributed by atoms with Gasteiger partial charge in [0.2, 0.25) is 0 Å². The first-order valence-corrected chi connectivity index (χ1v) is 15.7. The maximum atomic E-state index is 8.93. The highest BCUT2D eigenvalue weighted by molar-refractivity contribution is 5.06. The number of aliphatic hydroxyl groups is 1. The Balaban J connectivity index is 3.82. The molecular weight excluding hydrogens is 436 g/mol. The number of allylic oxidation sites excluding steroid dienone is 5. The lowest BCUT2D eigenvalue weighted by Gasteiger charge is -2.16. The third-order valence-electron chi connectivity index (χ3n) is 8.04. The van der Waals surface area contributed by atoms with Crippen molar-refractivity contribution in [1.82, 2.24) is 0 Å². The van der Waals surface area contributed by atoms with Crippen molar-refractivity contribution >= 4 is 0 Å². The number of aliphatic hydroxyl groups excluding tert-OH is 1. The van der Waals surface area contributed by atoms with Crippen molar-refractivity contribution in [3.8, 4) is 0 Å². The van der Waals surface area contributed by atoms with Crippen molar-refractivity contribution in [2.45, 2.75) is 158 Å². The smallest absolute Gasteiger partial charge is 0.0614 e. The zero-order chi connectivity index (χ0) is 27.2. The van der Waals surface area contributed by atoms with Crippen LogP contribution in [0.3, 0.4) is 0 Å². The largest absolute Gasteiger partial charge is 0.392 e. The van der Waals surface area contributed by atoms with Crippen LogP contribution in [0.25, 0.3) is 0 Å². The van der Waals surface area contributed by atoms with Crippen LogP contribution in [-0.4, -0.2) is 11.7 Å². The van der Waals surface area contributed by atoms with Crippen molar-refractivity contribution in [3.05, 3.63) is 34.9 Å². The number of rotatable bonds is 23. The highest BCUT2D eigenvalue weighted by Gasteiger charge is 2.08. The second-order valence-corrected chi connectivity index (χ2v) is 12.8. The number of hydrogen-bond acceptors (Lipinski definition) is 1. The molecule has 0 aromatic heterocycles. The molecule has 1 N–H and O–H groups in total. The Morgan fingerprint density at radius 3 is 1.28 bits per heavy atom. The second kappa shape index (κ2) is 23.3. The minimum atomic E-state index is 0.162. The van der Waals surface area contributed by atoms with Gasteiger partial charge in [-0.3, -0.25) is 0 Å². The molecular formula is C35H66O. The van der Waals surface area contributed by atoms with Gasteiger partial charge >= 0.3 is 0 Å². The van der Waals surface area contributed by atoms with E-state index in [9.17, 15) is 0 Å². The summed E-state index contributed by atoms with van der Waals surface area (Å²) >= 11 is 0. The molecule has 0 heterocycles. The Kier molecular flexibility index (Phi) is 22.8. The monoisotopic (exact) mass is 503 g/mol. The van der Waals surface area contributed by atoms with Gasteiger partial charge in [0.1, 0.15) is 0 Å². The first kappa shape index (κ1) is 35.2. The van der Waals surface area contributed by atoms with E-state index in [0.717, 1.165) is 36.5 Å². The van der Waals surface area contributed by atoms with Crippen molar-refractivity contribution in [2.24, 2.45) is 23.7 Å². The van der Waals surface area contributed by atoms with E-state index in [1.165, 1.54) is 101 Å². The van der Waals surface area contributed by atoms with Gasteiger partial charge in [0, 0.05) is 0 Å². The van der Waals surface area contributed by atoms with Gasteiger partial charge in [-0.25, -0.2) is 0 Å². The molecule has 0 unspecified atom stereocenters. The maximum absolute atomic E-state index is 8.93. The summed E-state index contributed by atoms with van der Waals surface area (Å²) in [6, 6.07) is 0. The Morgan fingerprint density at radius 2 is 0.861 bits per heavy atom. The van der Waals surface area contributed by atoms with E-state index in [1.807, 2.05) is 6.08 Å². The summed E-state index contributed by atoms with van der Waals surface area (Å²) in [6.07, 6.45) is 28.0. The van der Waals surface area contributed by atoms with Crippen LogP contribution in [0.4, 0.5) is 0 Å². The second-order valence-electron chi connectivity index (χ2n) is 12.8. The van der Waals surface area contributed by atoms with E-state index in [1.54, 1.807) is 5.57 Å². The zero-order valence-corrected chi connectivity index (χ0v) is 26.0. The summed E-state index contributed by atoms with van der Waals surface area (Å²) < 4.78 is 0. The zero-order valence-electron chi connectivity index (χ0n) is 26.0. The lowest BCUT2D eigenvalue weighted by molar-refractivity contribution is 0.341. The highest BCUT2D eigenvalue weighted by Crippen LogP contribution is 2.24. The predicted molar refractivity (Wildman–Crippen MR) is 165 cm³/mol. The topological polar surface area (TPSA) is 20.2 Å². The lowest BCUT2D eigenvalue weighted by Crippen LogP contribution is -2.01. The Morgan fingerprint density at radius 1 is 0.500 bits per heavy atom. The minimum absolute atomic E-state index is 0.162. The van der Waals surface area contributed by atoms with Gasteiger partial charge in [0.15, 0.2) is 0 Å². The molecule has 1 heteroatoms. The Labute approximate surface area is 228 Å². The van der Waals surface area contributed by atoms with E-state index in [2.05, 4.69) is 67.5 Å². The van der Waals surface area contributed by atoms with Crippen LogP contribution in [0.2, 0.25) is 0 Å². The minimum Gasteiger partial charge on any atom is -0.392 e. The summed E-state index contributed by atoms with van der Waals surface area (Å²) in [5.41, 5.74) is 4.35. The summed E-state index contributed by atoms with van der Waals surface area (Å²) in [4.78, 5) is 0. The average molecular weight is 503 g/mol. The maximum Gasteiger partial charge on any atom is 0.0614 e. The van der Waals surface area contributed by atoms with Crippen molar-refractivity contribution in [3.63, 3.8) is 0 Å². The molecule has 0 aliphatic heterocycles. The fourth-order valence-corrected chi connectivity index (χ4v) is 5.22. The standard InChI is InChI=1S/C35H66O/c1-29(2)15-9-16-30(3)17-10-18-31(4)19-11-20-32(5)21-12-22-33(6)23-13-24-34(7)25-14-26-35(8)27-28-36/h23,25,27,29-32,36H,9-22,24,26,28H2,1-8H3/b33-23-,34-25-,35-27-/t30-,31+,32+/m0/s1. The first-order valence-electron chi connectivity index (χ1n) is 15.7. The third-order valence-corrected chi connectivity index (χ3v) is 8.04. The molecule has 0 aromatic rings. The van der Waals surface area contributed by atoms with Crippen LogP contribution >= 0.6 is 0 Å². The molecule has 0 saturated heterocycles. The summed E-state index contributed by atoms with van der Waals surface area (Å²) in [5, 5.41) is 8.93. The highest BCUT2D eigenvalue weighted by atomic mass is 16.2. The van der Waals surface area contributed by atoms with Crippen LogP contribution in [-0.2, 0) is 0 Å². The molecule has 0 aromatic carbocycles. The molecule has 0 rings (SSSR count). The Bertz CT molecular complexity index is 594.